The first kappa shape index (κ1) is 9.37. The van der Waals surface area contributed by atoms with Crippen molar-refractivity contribution in [3.63, 3.8) is 0 Å². The van der Waals surface area contributed by atoms with E-state index in [0.29, 0.717) is 13.0 Å². The van der Waals surface area contributed by atoms with Crippen molar-refractivity contribution in [2.45, 2.75) is 18.8 Å². The lowest BCUT2D eigenvalue weighted by Crippen LogP contribution is -2.09. The van der Waals surface area contributed by atoms with E-state index in [9.17, 15) is 4.79 Å². The van der Waals surface area contributed by atoms with Crippen LogP contribution in [0, 0.1) is 0 Å². The zero-order chi connectivity index (χ0) is 9.80. The van der Waals surface area contributed by atoms with E-state index in [1.165, 1.54) is 0 Å². The SMILES string of the molecule is O=CC[C@H]1COC(c2ccccc2)O1. The van der Waals surface area contributed by atoms with Crippen molar-refractivity contribution in [1.29, 1.82) is 0 Å². The van der Waals surface area contributed by atoms with E-state index in [1.54, 1.807) is 0 Å². The fraction of sp³-hybridized carbons (Fsp3) is 0.364. The predicted octanol–water partition coefficient (Wildman–Crippen LogP) is 1.69. The predicted molar refractivity (Wildman–Crippen MR) is 50.7 cm³/mol. The van der Waals surface area contributed by atoms with Crippen LogP contribution in [-0.4, -0.2) is 19.0 Å². The van der Waals surface area contributed by atoms with Gasteiger partial charge in [0.2, 0.25) is 0 Å². The van der Waals surface area contributed by atoms with Gasteiger partial charge in [-0.1, -0.05) is 30.3 Å². The molecule has 0 saturated carbocycles. The second-order valence-corrected chi connectivity index (χ2v) is 3.24. The third kappa shape index (κ3) is 2.00. The minimum Gasteiger partial charge on any atom is -0.346 e. The Hall–Kier alpha value is -1.19. The number of carbonyl (C=O) groups excluding carboxylic acids is 1. The molecule has 1 fully saturated rings. The van der Waals surface area contributed by atoms with Crippen LogP contribution in [0.15, 0.2) is 30.3 Å². The van der Waals surface area contributed by atoms with Gasteiger partial charge in [0.25, 0.3) is 0 Å². The van der Waals surface area contributed by atoms with Gasteiger partial charge in [-0.15, -0.1) is 0 Å². The molecule has 2 rings (SSSR count). The molecule has 0 aliphatic carbocycles. The van der Waals surface area contributed by atoms with Crippen LogP contribution >= 0.6 is 0 Å². The highest BCUT2D eigenvalue weighted by Crippen LogP contribution is 2.27. The monoisotopic (exact) mass is 192 g/mol. The Morgan fingerprint density at radius 3 is 2.86 bits per heavy atom. The van der Waals surface area contributed by atoms with Crippen LogP contribution in [0.25, 0.3) is 0 Å². The molecule has 74 valence electrons. The molecule has 0 spiro atoms. The standard InChI is InChI=1S/C11H12O3/c12-7-6-10-8-13-11(14-10)9-4-2-1-3-5-9/h1-5,7,10-11H,6,8H2/t10-,11?/m0/s1. The van der Waals surface area contributed by atoms with E-state index in [0.717, 1.165) is 11.8 Å². The second kappa shape index (κ2) is 4.35. The van der Waals surface area contributed by atoms with Crippen molar-refractivity contribution < 1.29 is 14.3 Å². The summed E-state index contributed by atoms with van der Waals surface area (Å²) in [5.41, 5.74) is 1.00. The van der Waals surface area contributed by atoms with Crippen LogP contribution < -0.4 is 0 Å². The van der Waals surface area contributed by atoms with Crippen molar-refractivity contribution in [3.05, 3.63) is 35.9 Å². The van der Waals surface area contributed by atoms with Crippen molar-refractivity contribution in [1.82, 2.24) is 0 Å². The summed E-state index contributed by atoms with van der Waals surface area (Å²) < 4.78 is 11.0. The van der Waals surface area contributed by atoms with Crippen molar-refractivity contribution in [2.24, 2.45) is 0 Å². The highest BCUT2D eigenvalue weighted by atomic mass is 16.7. The summed E-state index contributed by atoms with van der Waals surface area (Å²) in [6.45, 7) is 0.498. The van der Waals surface area contributed by atoms with E-state index >= 15 is 0 Å². The highest BCUT2D eigenvalue weighted by molar-refractivity contribution is 5.50. The molecule has 0 aromatic heterocycles. The average molecular weight is 192 g/mol. The van der Waals surface area contributed by atoms with Crippen molar-refractivity contribution >= 4 is 6.29 Å². The van der Waals surface area contributed by atoms with Crippen molar-refractivity contribution in [2.75, 3.05) is 6.61 Å². The summed E-state index contributed by atoms with van der Waals surface area (Å²) >= 11 is 0. The maximum atomic E-state index is 10.3. The fourth-order valence-electron chi connectivity index (χ4n) is 1.46. The molecule has 2 atom stereocenters. The molecule has 1 aliphatic heterocycles. The van der Waals surface area contributed by atoms with Crippen LogP contribution in [0.5, 0.6) is 0 Å². The molecule has 1 saturated heterocycles. The number of ether oxygens (including phenoxy) is 2. The number of hydrogen-bond donors (Lipinski definition) is 0. The van der Waals surface area contributed by atoms with Gasteiger partial charge in [-0.25, -0.2) is 0 Å². The number of aldehydes is 1. The van der Waals surface area contributed by atoms with Gasteiger partial charge in [0.15, 0.2) is 6.29 Å². The topological polar surface area (TPSA) is 35.5 Å². The number of hydrogen-bond acceptors (Lipinski definition) is 3. The number of rotatable bonds is 3. The number of carbonyl (C=O) groups is 1. The third-order valence-corrected chi connectivity index (χ3v) is 2.18. The zero-order valence-corrected chi connectivity index (χ0v) is 7.76. The Labute approximate surface area is 82.6 Å². The van der Waals surface area contributed by atoms with Crippen molar-refractivity contribution in [3.8, 4) is 0 Å². The summed E-state index contributed by atoms with van der Waals surface area (Å²) in [7, 11) is 0. The smallest absolute Gasteiger partial charge is 0.184 e. The molecule has 1 aliphatic rings. The molecule has 3 heteroatoms. The summed E-state index contributed by atoms with van der Waals surface area (Å²) in [5, 5.41) is 0. The Bertz CT molecular complexity index is 297. The molecule has 14 heavy (non-hydrogen) atoms. The molecule has 1 aromatic carbocycles. The van der Waals surface area contributed by atoms with Crippen LogP contribution in [0.3, 0.4) is 0 Å². The van der Waals surface area contributed by atoms with Gasteiger partial charge in [-0.05, 0) is 0 Å². The molecular formula is C11H12O3. The lowest BCUT2D eigenvalue weighted by molar-refractivity contribution is -0.111. The average Bonchev–Trinajstić information content (AvgIpc) is 2.68. The molecule has 3 nitrogen and oxygen atoms in total. The van der Waals surface area contributed by atoms with E-state index in [2.05, 4.69) is 0 Å². The van der Waals surface area contributed by atoms with E-state index < -0.39 is 0 Å². The Morgan fingerprint density at radius 1 is 1.36 bits per heavy atom. The maximum Gasteiger partial charge on any atom is 0.184 e. The van der Waals surface area contributed by atoms with Crippen LogP contribution in [0.2, 0.25) is 0 Å². The van der Waals surface area contributed by atoms with E-state index in [-0.39, 0.29) is 12.4 Å². The Kier molecular flexibility index (Phi) is 2.91. The lowest BCUT2D eigenvalue weighted by Gasteiger charge is -2.09. The molecule has 1 aromatic rings. The Morgan fingerprint density at radius 2 is 2.14 bits per heavy atom. The molecule has 0 radical (unpaired) electrons. The summed E-state index contributed by atoms with van der Waals surface area (Å²) in [5.74, 6) is 0. The quantitative estimate of drug-likeness (QED) is 0.683. The van der Waals surface area contributed by atoms with E-state index in [4.69, 9.17) is 9.47 Å². The van der Waals surface area contributed by atoms with Gasteiger partial charge in [-0.2, -0.15) is 0 Å². The Balaban J connectivity index is 1.99. The molecule has 0 amide bonds. The maximum absolute atomic E-state index is 10.3. The van der Waals surface area contributed by atoms with Gasteiger partial charge in [0, 0.05) is 12.0 Å². The van der Waals surface area contributed by atoms with Gasteiger partial charge in [-0.3, -0.25) is 0 Å². The molecule has 0 bridgehead atoms. The largest absolute Gasteiger partial charge is 0.346 e. The molecule has 0 N–H and O–H groups in total. The lowest BCUT2D eigenvalue weighted by atomic mass is 10.2. The van der Waals surface area contributed by atoms with Gasteiger partial charge in [0.05, 0.1) is 12.7 Å². The van der Waals surface area contributed by atoms with E-state index in [1.807, 2.05) is 30.3 Å². The minimum absolute atomic E-state index is 0.0855. The van der Waals surface area contributed by atoms with Gasteiger partial charge in [0.1, 0.15) is 6.29 Å². The first-order valence-electron chi connectivity index (χ1n) is 4.66. The highest BCUT2D eigenvalue weighted by Gasteiger charge is 2.26. The second-order valence-electron chi connectivity index (χ2n) is 3.24. The third-order valence-electron chi connectivity index (χ3n) is 2.18. The zero-order valence-electron chi connectivity index (χ0n) is 7.76. The summed E-state index contributed by atoms with van der Waals surface area (Å²) in [4.78, 5) is 10.3. The van der Waals surface area contributed by atoms with Gasteiger partial charge >= 0.3 is 0 Å². The minimum atomic E-state index is -0.304. The summed E-state index contributed by atoms with van der Waals surface area (Å²) in [6, 6.07) is 9.73. The molecule has 1 unspecified atom stereocenters. The van der Waals surface area contributed by atoms with Gasteiger partial charge < -0.3 is 14.3 Å². The normalized spacial score (nSPS) is 26.3. The first-order chi connectivity index (χ1) is 6.90. The fourth-order valence-corrected chi connectivity index (χ4v) is 1.46. The van der Waals surface area contributed by atoms with Crippen LogP contribution in [0.4, 0.5) is 0 Å². The first-order valence-corrected chi connectivity index (χ1v) is 4.66. The van der Waals surface area contributed by atoms with Crippen LogP contribution in [0.1, 0.15) is 18.3 Å². The summed E-state index contributed by atoms with van der Waals surface area (Å²) in [6.07, 6.45) is 0.879. The number of benzene rings is 1. The van der Waals surface area contributed by atoms with Crippen LogP contribution in [-0.2, 0) is 14.3 Å². The molecule has 1 heterocycles. The molecular weight excluding hydrogens is 180 g/mol.